The highest BCUT2D eigenvalue weighted by molar-refractivity contribution is 7.02. The molecule has 21 rings (SSSR count). The van der Waals surface area contributed by atoms with E-state index >= 15 is 0 Å². The van der Waals surface area contributed by atoms with Gasteiger partial charge in [-0.3, -0.25) is 0 Å². The molecule has 4 nitrogen and oxygen atoms in total. The van der Waals surface area contributed by atoms with E-state index in [9.17, 15) is 0 Å². The van der Waals surface area contributed by atoms with Crippen molar-refractivity contribution in [2.45, 2.75) is 39.5 Å². The number of anilines is 6. The van der Waals surface area contributed by atoms with Crippen LogP contribution in [0.2, 0.25) is 0 Å². The third-order valence-electron chi connectivity index (χ3n) is 22.6. The lowest BCUT2D eigenvalue weighted by Crippen LogP contribution is -2.55. The average molecular weight is 1300 g/mol. The van der Waals surface area contributed by atoms with Crippen LogP contribution in [0, 0.1) is 0 Å². The van der Waals surface area contributed by atoms with Crippen molar-refractivity contribution >= 4 is 124 Å². The maximum absolute atomic E-state index is 6.87. The normalized spacial score (nSPS) is 13.0. The summed E-state index contributed by atoms with van der Waals surface area (Å²) in [5.41, 5.74) is 40.8. The van der Waals surface area contributed by atoms with Crippen molar-refractivity contribution in [3.63, 3.8) is 0 Å². The third-order valence-corrected chi connectivity index (χ3v) is 22.6. The molecular weight excluding hydrogens is 1230 g/mol. The van der Waals surface area contributed by atoms with E-state index in [1.165, 1.54) is 128 Å². The third kappa shape index (κ3) is 8.91. The quantitative estimate of drug-likeness (QED) is 0.128. The Balaban J connectivity index is 0.659. The van der Waals surface area contributed by atoms with Crippen molar-refractivity contribution in [3.8, 4) is 89.0 Å². The molecule has 0 radical (unpaired) electrons. The van der Waals surface area contributed by atoms with Crippen LogP contribution in [-0.2, 0) is 0 Å². The molecule has 0 N–H and O–H groups in total. The van der Waals surface area contributed by atoms with Crippen molar-refractivity contribution in [2.75, 3.05) is 9.80 Å². The van der Waals surface area contributed by atoms with Crippen LogP contribution in [0.3, 0.4) is 0 Å². The molecular formula is C96H66B2N2O2. The standard InChI is InChI=1S/C96H66B2N2O2/c1-57(2)72-22-12-15-28-86(72)100-89-54-70(49-80-74-23-11-14-26-82(74)97(95(80)89)83-27-17-25-73(58(3)4)96(83)100)68-38-45-78-79-48-64(40-47-91(79)102-93(78)56-68)62-30-32-63(33-31-62)66-39-46-87-85(52-66)98-84-51-65(60-20-9-6-10-21-60)36-43-75(84)81-50-69(67-37-44-77-76-24-13-16-29-90(76)101-92(77)55-67)53-88(94(81)98)99(87)71-41-34-61(35-42-71)59-18-7-5-8-19-59/h5-58H,1-4H3. The summed E-state index contributed by atoms with van der Waals surface area (Å²) in [5, 5.41) is 4.47. The molecule has 0 aliphatic carbocycles. The first kappa shape index (κ1) is 58.6. The monoisotopic (exact) mass is 1300 g/mol. The molecule has 0 bridgehead atoms. The van der Waals surface area contributed by atoms with E-state index in [4.69, 9.17) is 8.83 Å². The SMILES string of the molecule is CC(C)c1ccccc1N1c2cc(-c3ccc4c(c3)oc3ccc(-c5ccc(-c6ccc7c(c6)B6c8cc(-c9ccccc9)ccc8-c8cc(-c9ccc%10c(c9)oc9ccccc9%10)cc(c86)N7c6ccc(-c7ccccc7)cc6)cc5)cc34)cc3c2B(c2ccccc2-3)c2cccc(C(C)C)c21. The Bertz CT molecular complexity index is 6340. The Hall–Kier alpha value is -12.4. The molecule has 478 valence electrons. The highest BCUT2D eigenvalue weighted by Crippen LogP contribution is 2.50. The van der Waals surface area contributed by atoms with Crippen LogP contribution in [0.4, 0.5) is 34.1 Å². The fraction of sp³-hybridized carbons (Fsp3) is 0.0625. The van der Waals surface area contributed by atoms with Crippen LogP contribution in [0.15, 0.2) is 324 Å². The summed E-state index contributed by atoms with van der Waals surface area (Å²) in [6.45, 7) is 9.43. The van der Waals surface area contributed by atoms with E-state index in [0.29, 0.717) is 11.8 Å². The summed E-state index contributed by atoms with van der Waals surface area (Å²) < 4.78 is 13.4. The van der Waals surface area contributed by atoms with Crippen LogP contribution in [0.1, 0.15) is 50.7 Å². The first-order chi connectivity index (χ1) is 50.2. The summed E-state index contributed by atoms with van der Waals surface area (Å²) in [6.07, 6.45) is 0. The Labute approximate surface area is 594 Å². The van der Waals surface area contributed by atoms with Gasteiger partial charge >= 0.3 is 0 Å². The molecule has 0 fully saturated rings. The summed E-state index contributed by atoms with van der Waals surface area (Å²) >= 11 is 0. The fourth-order valence-corrected chi connectivity index (χ4v) is 17.8. The number of furan rings is 2. The minimum absolute atomic E-state index is 0.0207. The van der Waals surface area contributed by atoms with E-state index in [0.717, 1.165) is 82.9 Å². The zero-order chi connectivity index (χ0) is 67.6. The molecule has 0 unspecified atom stereocenters. The van der Waals surface area contributed by atoms with Crippen molar-refractivity contribution in [1.82, 2.24) is 0 Å². The maximum Gasteiger partial charge on any atom is 0.248 e. The summed E-state index contributed by atoms with van der Waals surface area (Å²) in [6, 6.07) is 118. The van der Waals surface area contributed by atoms with Crippen LogP contribution < -0.4 is 42.6 Å². The molecule has 4 aliphatic heterocycles. The first-order valence-corrected chi connectivity index (χ1v) is 36.0. The van der Waals surface area contributed by atoms with Gasteiger partial charge in [-0.2, -0.15) is 0 Å². The summed E-state index contributed by atoms with van der Waals surface area (Å²) in [7, 11) is 0. The van der Waals surface area contributed by atoms with Gasteiger partial charge in [0.25, 0.3) is 0 Å². The smallest absolute Gasteiger partial charge is 0.248 e. The predicted octanol–water partition coefficient (Wildman–Crippen LogP) is 22.3. The average Bonchev–Trinajstić information content (AvgIpc) is 1.42. The molecule has 0 amide bonds. The van der Waals surface area contributed by atoms with Crippen LogP contribution in [-0.4, -0.2) is 13.4 Å². The van der Waals surface area contributed by atoms with Crippen molar-refractivity contribution in [1.29, 1.82) is 0 Å². The molecule has 0 saturated heterocycles. The second-order valence-corrected chi connectivity index (χ2v) is 29.0. The summed E-state index contributed by atoms with van der Waals surface area (Å²) in [5.74, 6) is 0.662. The van der Waals surface area contributed by atoms with E-state index in [2.05, 4.69) is 347 Å². The molecule has 6 heterocycles. The minimum Gasteiger partial charge on any atom is -0.456 e. The second-order valence-electron chi connectivity index (χ2n) is 29.0. The number of para-hydroxylation sites is 3. The lowest BCUT2D eigenvalue weighted by atomic mass is 9.37. The molecule has 17 aromatic rings. The molecule has 0 atom stereocenters. The molecule has 6 heteroatoms. The maximum atomic E-state index is 6.87. The minimum atomic E-state index is -0.0207. The van der Waals surface area contributed by atoms with E-state index < -0.39 is 0 Å². The van der Waals surface area contributed by atoms with Crippen molar-refractivity contribution in [3.05, 3.63) is 327 Å². The van der Waals surface area contributed by atoms with Crippen LogP contribution in [0.5, 0.6) is 0 Å². The Kier molecular flexibility index (Phi) is 13.0. The Morgan fingerprint density at radius 3 is 1.40 bits per heavy atom. The van der Waals surface area contributed by atoms with Crippen LogP contribution >= 0.6 is 0 Å². The lowest BCUT2D eigenvalue weighted by Gasteiger charge is -2.39. The highest BCUT2D eigenvalue weighted by atomic mass is 16.3. The fourth-order valence-electron chi connectivity index (χ4n) is 17.8. The van der Waals surface area contributed by atoms with Gasteiger partial charge in [0.1, 0.15) is 22.3 Å². The van der Waals surface area contributed by atoms with Gasteiger partial charge in [0.2, 0.25) is 13.4 Å². The highest BCUT2D eigenvalue weighted by Gasteiger charge is 2.46. The van der Waals surface area contributed by atoms with E-state index in [1.54, 1.807) is 0 Å². The van der Waals surface area contributed by atoms with Crippen molar-refractivity contribution in [2.24, 2.45) is 0 Å². The van der Waals surface area contributed by atoms with Crippen LogP contribution in [0.25, 0.3) is 133 Å². The van der Waals surface area contributed by atoms with Crippen molar-refractivity contribution < 1.29 is 8.83 Å². The molecule has 0 saturated carbocycles. The predicted molar refractivity (Wildman–Crippen MR) is 431 cm³/mol. The number of fused-ring (bicyclic) bond motifs is 16. The molecule has 0 spiro atoms. The lowest BCUT2D eigenvalue weighted by molar-refractivity contribution is 0.668. The number of hydrogen-bond acceptors (Lipinski definition) is 4. The number of rotatable bonds is 10. The molecule has 102 heavy (non-hydrogen) atoms. The van der Waals surface area contributed by atoms with Gasteiger partial charge in [-0.1, -0.05) is 263 Å². The molecule has 4 aliphatic rings. The zero-order valence-corrected chi connectivity index (χ0v) is 57.0. The number of nitrogens with zero attached hydrogens (tertiary/aromatic N) is 2. The van der Waals surface area contributed by atoms with E-state index in [-0.39, 0.29) is 13.4 Å². The Morgan fingerprint density at radius 2 is 0.706 bits per heavy atom. The molecule has 2 aromatic heterocycles. The van der Waals surface area contributed by atoms with Gasteiger partial charge in [-0.15, -0.1) is 0 Å². The first-order valence-electron chi connectivity index (χ1n) is 36.0. The largest absolute Gasteiger partial charge is 0.456 e. The van der Waals surface area contributed by atoms with Gasteiger partial charge in [0.05, 0.1) is 0 Å². The number of benzene rings is 15. The van der Waals surface area contributed by atoms with Gasteiger partial charge in [-0.05, 0) is 225 Å². The van der Waals surface area contributed by atoms with E-state index in [1.807, 2.05) is 6.07 Å². The molecule has 15 aromatic carbocycles. The van der Waals surface area contributed by atoms with Gasteiger partial charge in [0, 0.05) is 55.7 Å². The topological polar surface area (TPSA) is 32.8 Å². The summed E-state index contributed by atoms with van der Waals surface area (Å²) in [4.78, 5) is 5.14. The van der Waals surface area contributed by atoms with Gasteiger partial charge in [-0.25, -0.2) is 0 Å². The van der Waals surface area contributed by atoms with Gasteiger partial charge in [0.15, 0.2) is 0 Å². The van der Waals surface area contributed by atoms with Gasteiger partial charge < -0.3 is 18.6 Å². The zero-order valence-electron chi connectivity index (χ0n) is 57.0. The second kappa shape index (κ2) is 22.6. The Morgan fingerprint density at radius 1 is 0.245 bits per heavy atom. The number of hydrogen-bond donors (Lipinski definition) is 0.